The molecule has 0 radical (unpaired) electrons. The van der Waals surface area contributed by atoms with Crippen LogP contribution in [0.2, 0.25) is 0 Å². The first kappa shape index (κ1) is 29.7. The summed E-state index contributed by atoms with van der Waals surface area (Å²) in [5.74, 6) is -0.438. The van der Waals surface area contributed by atoms with Gasteiger partial charge in [0, 0.05) is 31.4 Å². The summed E-state index contributed by atoms with van der Waals surface area (Å²) in [7, 11) is 0. The number of ether oxygens (including phenoxy) is 1. The van der Waals surface area contributed by atoms with Gasteiger partial charge in [-0.25, -0.2) is 4.79 Å². The molecule has 0 aliphatic carbocycles. The van der Waals surface area contributed by atoms with E-state index in [4.69, 9.17) is 0 Å². The van der Waals surface area contributed by atoms with Crippen LogP contribution < -0.4 is 20.7 Å². The summed E-state index contributed by atoms with van der Waals surface area (Å²) in [6.07, 6.45) is -7.58. The number of hydrogen-bond acceptors (Lipinski definition) is 7. The third-order valence-corrected chi connectivity index (χ3v) is 6.07. The molecule has 0 bridgehead atoms. The highest BCUT2D eigenvalue weighted by molar-refractivity contribution is 5.74. The second-order valence-electron chi connectivity index (χ2n) is 9.25. The first-order valence-corrected chi connectivity index (χ1v) is 12.7. The van der Waals surface area contributed by atoms with Crippen molar-refractivity contribution in [1.29, 1.82) is 0 Å². The van der Waals surface area contributed by atoms with Crippen molar-refractivity contribution in [1.82, 2.24) is 25.2 Å². The van der Waals surface area contributed by atoms with Crippen molar-refractivity contribution in [2.24, 2.45) is 0 Å². The number of aromatic nitrogens is 3. The van der Waals surface area contributed by atoms with Gasteiger partial charge in [-0.2, -0.15) is 41.3 Å². The van der Waals surface area contributed by atoms with Crippen molar-refractivity contribution in [2.75, 3.05) is 36.9 Å². The fraction of sp³-hybridized carbons (Fsp3) is 0.385. The van der Waals surface area contributed by atoms with Gasteiger partial charge in [-0.3, -0.25) is 0 Å². The topological polar surface area (TPSA) is 104 Å². The summed E-state index contributed by atoms with van der Waals surface area (Å²) in [6.45, 7) is -0.370. The summed E-state index contributed by atoms with van der Waals surface area (Å²) in [6, 6.07) is 12.8. The number of carbonyl (C=O) groups is 1. The number of nitrogens with one attached hydrogen (secondary N) is 3. The molecule has 15 heteroatoms. The fourth-order valence-corrected chi connectivity index (χ4v) is 4.07. The van der Waals surface area contributed by atoms with E-state index in [1.165, 1.54) is 6.07 Å². The molecule has 0 unspecified atom stereocenters. The minimum Gasteiger partial charge on any atom is -0.454 e. The molecule has 1 aromatic heterocycles. The maximum absolute atomic E-state index is 13.1. The van der Waals surface area contributed by atoms with Crippen LogP contribution in [0.5, 0.6) is 6.01 Å². The van der Waals surface area contributed by atoms with Crippen LogP contribution in [0.1, 0.15) is 24.0 Å². The molecular weight excluding hydrogens is 556 g/mol. The lowest BCUT2D eigenvalue weighted by Crippen LogP contribution is -2.47. The minimum absolute atomic E-state index is 0.0367. The van der Waals surface area contributed by atoms with Crippen LogP contribution in [-0.4, -0.2) is 64.3 Å². The third kappa shape index (κ3) is 9.39. The average Bonchev–Trinajstić information content (AvgIpc) is 2.92. The Morgan fingerprint density at radius 3 is 2.32 bits per heavy atom. The SMILES string of the molecule is O=C(NCCc1ccccc1)N1CCC(Nc2nc(Nc3cccc(C(F)(F)F)c3)nc(OCC(F)(F)F)n2)CC1. The summed E-state index contributed by atoms with van der Waals surface area (Å²) >= 11 is 0. The number of likely N-dealkylation sites (tertiary alicyclic amines) is 1. The number of benzene rings is 2. The zero-order chi connectivity index (χ0) is 29.5. The van der Waals surface area contributed by atoms with E-state index >= 15 is 0 Å². The van der Waals surface area contributed by atoms with Crippen LogP contribution in [0.3, 0.4) is 0 Å². The van der Waals surface area contributed by atoms with E-state index in [1.54, 1.807) is 4.90 Å². The number of carbonyl (C=O) groups excluding carboxylic acids is 1. The second-order valence-corrected chi connectivity index (χ2v) is 9.25. The highest BCUT2D eigenvalue weighted by atomic mass is 19.4. The summed E-state index contributed by atoms with van der Waals surface area (Å²) in [5, 5.41) is 8.45. The highest BCUT2D eigenvalue weighted by Gasteiger charge is 2.31. The number of hydrogen-bond donors (Lipinski definition) is 3. The first-order valence-electron chi connectivity index (χ1n) is 12.7. The smallest absolute Gasteiger partial charge is 0.422 e. The van der Waals surface area contributed by atoms with Gasteiger partial charge in [0.2, 0.25) is 11.9 Å². The van der Waals surface area contributed by atoms with Gasteiger partial charge in [0.15, 0.2) is 6.61 Å². The molecule has 0 atom stereocenters. The number of urea groups is 1. The number of piperidine rings is 1. The number of amides is 2. The normalized spacial score (nSPS) is 14.4. The van der Waals surface area contributed by atoms with Crippen LogP contribution in [0.25, 0.3) is 0 Å². The first-order chi connectivity index (χ1) is 19.4. The highest BCUT2D eigenvalue weighted by Crippen LogP contribution is 2.31. The van der Waals surface area contributed by atoms with E-state index in [2.05, 4.69) is 35.6 Å². The minimum atomic E-state index is -4.66. The number of rotatable bonds is 9. The molecule has 3 aromatic rings. The molecule has 9 nitrogen and oxygen atoms in total. The molecule has 1 aliphatic rings. The standard InChI is InChI=1S/C26H27F6N7O2/c27-25(28,29)16-41-23-37-21(36-22(38-23)35-20-8-4-7-18(15-20)26(30,31)32)34-19-10-13-39(14-11-19)24(40)33-12-9-17-5-2-1-3-6-17/h1-8,15,19H,9-14,16H2,(H,33,40)(H2,34,35,36,37,38). The van der Waals surface area contributed by atoms with Crippen LogP contribution in [0.15, 0.2) is 54.6 Å². The van der Waals surface area contributed by atoms with E-state index in [9.17, 15) is 31.1 Å². The molecule has 220 valence electrons. The number of nitrogens with zero attached hydrogens (tertiary/aromatic N) is 4. The Labute approximate surface area is 231 Å². The molecule has 0 spiro atoms. The molecule has 2 aromatic carbocycles. The van der Waals surface area contributed by atoms with Gasteiger partial charge in [-0.1, -0.05) is 36.4 Å². The molecule has 1 fully saturated rings. The van der Waals surface area contributed by atoms with Crippen molar-refractivity contribution in [2.45, 2.75) is 37.7 Å². The van der Waals surface area contributed by atoms with Gasteiger partial charge in [0.1, 0.15) is 0 Å². The van der Waals surface area contributed by atoms with Gasteiger partial charge < -0.3 is 25.6 Å². The zero-order valence-electron chi connectivity index (χ0n) is 21.6. The quantitative estimate of drug-likeness (QED) is 0.290. The van der Waals surface area contributed by atoms with E-state index in [-0.39, 0.29) is 29.7 Å². The largest absolute Gasteiger partial charge is 0.454 e. The Balaban J connectivity index is 1.37. The van der Waals surface area contributed by atoms with Crippen molar-refractivity contribution in [3.05, 3.63) is 65.7 Å². The maximum atomic E-state index is 13.1. The van der Waals surface area contributed by atoms with Gasteiger partial charge in [-0.05, 0) is 43.0 Å². The lowest BCUT2D eigenvalue weighted by molar-refractivity contribution is -0.154. The lowest BCUT2D eigenvalue weighted by Gasteiger charge is -2.32. The van der Waals surface area contributed by atoms with Gasteiger partial charge in [0.05, 0.1) is 5.56 Å². The van der Waals surface area contributed by atoms with Crippen molar-refractivity contribution in [3.63, 3.8) is 0 Å². The third-order valence-electron chi connectivity index (χ3n) is 6.07. The second kappa shape index (κ2) is 12.9. The van der Waals surface area contributed by atoms with Gasteiger partial charge in [0.25, 0.3) is 0 Å². The maximum Gasteiger partial charge on any atom is 0.422 e. The van der Waals surface area contributed by atoms with Crippen molar-refractivity contribution in [3.8, 4) is 6.01 Å². The molecule has 4 rings (SSSR count). The average molecular weight is 584 g/mol. The number of anilines is 3. The Bertz CT molecular complexity index is 1300. The molecule has 1 aliphatic heterocycles. The summed E-state index contributed by atoms with van der Waals surface area (Å²) < 4.78 is 82.1. The van der Waals surface area contributed by atoms with Crippen LogP contribution in [0, 0.1) is 0 Å². The monoisotopic (exact) mass is 583 g/mol. The van der Waals surface area contributed by atoms with Gasteiger partial charge >= 0.3 is 24.4 Å². The fourth-order valence-electron chi connectivity index (χ4n) is 4.07. The molecule has 1 saturated heterocycles. The molecule has 41 heavy (non-hydrogen) atoms. The van der Waals surface area contributed by atoms with E-state index in [0.29, 0.717) is 38.9 Å². The van der Waals surface area contributed by atoms with Crippen molar-refractivity contribution < 1.29 is 35.9 Å². The lowest BCUT2D eigenvalue weighted by atomic mass is 10.1. The van der Waals surface area contributed by atoms with E-state index in [1.807, 2.05) is 30.3 Å². The summed E-state index contributed by atoms with van der Waals surface area (Å²) in [5.41, 5.74) is 0.137. The summed E-state index contributed by atoms with van der Waals surface area (Å²) in [4.78, 5) is 25.9. The van der Waals surface area contributed by atoms with E-state index < -0.39 is 30.5 Å². The van der Waals surface area contributed by atoms with Crippen LogP contribution in [0.4, 0.5) is 48.7 Å². The molecule has 0 saturated carbocycles. The number of halogens is 6. The Kier molecular flexibility index (Phi) is 9.35. The molecule has 2 heterocycles. The van der Waals surface area contributed by atoms with Crippen molar-refractivity contribution >= 4 is 23.6 Å². The van der Waals surface area contributed by atoms with Crippen LogP contribution in [-0.2, 0) is 12.6 Å². The van der Waals surface area contributed by atoms with Crippen LogP contribution >= 0.6 is 0 Å². The number of alkyl halides is 6. The molecule has 2 amide bonds. The Hall–Kier alpha value is -4.30. The predicted molar refractivity (Wildman–Crippen MR) is 138 cm³/mol. The van der Waals surface area contributed by atoms with E-state index in [0.717, 1.165) is 23.8 Å². The predicted octanol–water partition coefficient (Wildman–Crippen LogP) is 5.40. The van der Waals surface area contributed by atoms with Gasteiger partial charge in [-0.15, -0.1) is 0 Å². The Morgan fingerprint density at radius 1 is 0.927 bits per heavy atom. The molecule has 3 N–H and O–H groups in total. The Morgan fingerprint density at radius 2 is 1.63 bits per heavy atom. The zero-order valence-corrected chi connectivity index (χ0v) is 21.6. The molecular formula is C26H27F6N7O2.